The first-order valence-corrected chi connectivity index (χ1v) is 5.54. The maximum atomic E-state index is 12.0. The Labute approximate surface area is 101 Å². The fourth-order valence-electron chi connectivity index (χ4n) is 1.88. The van der Waals surface area contributed by atoms with E-state index >= 15 is 0 Å². The first-order valence-electron chi connectivity index (χ1n) is 5.11. The van der Waals surface area contributed by atoms with Crippen molar-refractivity contribution >= 4 is 23.2 Å². The maximum absolute atomic E-state index is 12.0. The number of hydrogen-bond donors (Lipinski definition) is 0. The average molecular weight is 239 g/mol. The van der Waals surface area contributed by atoms with Gasteiger partial charge in [-0.25, -0.2) is 0 Å². The molecule has 86 valence electrons. The summed E-state index contributed by atoms with van der Waals surface area (Å²) in [6.07, 6.45) is 0. The van der Waals surface area contributed by atoms with Crippen molar-refractivity contribution in [1.29, 1.82) is 0 Å². The number of aryl methyl sites for hydroxylation is 3. The summed E-state index contributed by atoms with van der Waals surface area (Å²) in [6.45, 7) is 7.01. The van der Waals surface area contributed by atoms with E-state index in [1.807, 2.05) is 32.9 Å². The van der Waals surface area contributed by atoms with E-state index in [1.165, 1.54) is 6.92 Å². The van der Waals surface area contributed by atoms with Gasteiger partial charge in [0, 0.05) is 5.56 Å². The van der Waals surface area contributed by atoms with E-state index in [2.05, 4.69) is 0 Å². The third-order valence-corrected chi connectivity index (χ3v) is 3.02. The molecule has 0 saturated heterocycles. The highest BCUT2D eigenvalue weighted by Gasteiger charge is 2.24. The monoisotopic (exact) mass is 238 g/mol. The van der Waals surface area contributed by atoms with Gasteiger partial charge in [-0.1, -0.05) is 17.7 Å². The Morgan fingerprint density at radius 2 is 1.56 bits per heavy atom. The van der Waals surface area contributed by atoms with Gasteiger partial charge in [0.15, 0.2) is 16.9 Å². The van der Waals surface area contributed by atoms with Crippen molar-refractivity contribution in [1.82, 2.24) is 0 Å². The molecule has 0 amide bonds. The normalized spacial score (nSPS) is 12.3. The standard InChI is InChI=1S/C13H15ClO2/c1-7-5-8(2)11(9(3)6-7)13(16)12(14)10(4)15/h5-6,12H,1-4H3. The molecule has 0 aromatic heterocycles. The van der Waals surface area contributed by atoms with Crippen molar-refractivity contribution in [3.05, 3.63) is 34.4 Å². The molecule has 1 rings (SSSR count). The van der Waals surface area contributed by atoms with E-state index in [0.717, 1.165) is 16.7 Å². The Hall–Kier alpha value is -1.15. The molecule has 0 spiro atoms. The van der Waals surface area contributed by atoms with Gasteiger partial charge in [0.05, 0.1) is 0 Å². The van der Waals surface area contributed by atoms with Gasteiger partial charge in [0.1, 0.15) is 0 Å². The van der Waals surface area contributed by atoms with E-state index in [1.54, 1.807) is 0 Å². The number of alkyl halides is 1. The minimum atomic E-state index is -1.07. The fraction of sp³-hybridized carbons (Fsp3) is 0.385. The largest absolute Gasteiger partial charge is 0.298 e. The molecule has 0 aliphatic rings. The highest BCUT2D eigenvalue weighted by atomic mass is 35.5. The van der Waals surface area contributed by atoms with Gasteiger partial charge >= 0.3 is 0 Å². The van der Waals surface area contributed by atoms with Crippen LogP contribution in [0.15, 0.2) is 12.1 Å². The van der Waals surface area contributed by atoms with E-state index in [9.17, 15) is 9.59 Å². The van der Waals surface area contributed by atoms with Crippen LogP contribution in [0.4, 0.5) is 0 Å². The van der Waals surface area contributed by atoms with Crippen LogP contribution in [0.2, 0.25) is 0 Å². The smallest absolute Gasteiger partial charge is 0.188 e. The second-order valence-electron chi connectivity index (χ2n) is 4.11. The number of halogens is 1. The molecule has 0 bridgehead atoms. The van der Waals surface area contributed by atoms with E-state index in [-0.39, 0.29) is 11.6 Å². The number of carbonyl (C=O) groups excluding carboxylic acids is 2. The minimum Gasteiger partial charge on any atom is -0.298 e. The molecule has 1 aromatic carbocycles. The highest BCUT2D eigenvalue weighted by Crippen LogP contribution is 2.20. The first-order chi connectivity index (χ1) is 7.34. The Morgan fingerprint density at radius 1 is 1.12 bits per heavy atom. The van der Waals surface area contributed by atoms with Gasteiger partial charge in [0.2, 0.25) is 0 Å². The van der Waals surface area contributed by atoms with Gasteiger partial charge in [-0.15, -0.1) is 11.6 Å². The van der Waals surface area contributed by atoms with Gasteiger partial charge in [0.25, 0.3) is 0 Å². The Kier molecular flexibility index (Phi) is 3.87. The van der Waals surface area contributed by atoms with Crippen molar-refractivity contribution in [2.24, 2.45) is 0 Å². The van der Waals surface area contributed by atoms with Gasteiger partial charge in [-0.3, -0.25) is 9.59 Å². The molecule has 0 aliphatic carbocycles. The summed E-state index contributed by atoms with van der Waals surface area (Å²) < 4.78 is 0. The summed E-state index contributed by atoms with van der Waals surface area (Å²) >= 11 is 5.79. The molecule has 3 heteroatoms. The number of carbonyl (C=O) groups is 2. The Balaban J connectivity index is 3.24. The second-order valence-corrected chi connectivity index (χ2v) is 4.55. The van der Waals surface area contributed by atoms with E-state index in [4.69, 9.17) is 11.6 Å². The van der Waals surface area contributed by atoms with Crippen molar-refractivity contribution in [3.8, 4) is 0 Å². The lowest BCUT2D eigenvalue weighted by Gasteiger charge is -2.12. The number of Topliss-reactive ketones (excluding diaryl/α,β-unsaturated/α-hetero) is 2. The maximum Gasteiger partial charge on any atom is 0.188 e. The summed E-state index contributed by atoms with van der Waals surface area (Å²) in [5, 5.41) is -1.07. The van der Waals surface area contributed by atoms with Crippen LogP contribution >= 0.6 is 11.6 Å². The van der Waals surface area contributed by atoms with Crippen LogP contribution < -0.4 is 0 Å². The van der Waals surface area contributed by atoms with Crippen LogP contribution in [0.5, 0.6) is 0 Å². The molecule has 1 unspecified atom stereocenters. The number of benzene rings is 1. The highest BCUT2D eigenvalue weighted by molar-refractivity contribution is 6.44. The van der Waals surface area contributed by atoms with Crippen molar-refractivity contribution in [3.63, 3.8) is 0 Å². The number of rotatable bonds is 3. The van der Waals surface area contributed by atoms with Crippen LogP contribution in [0.25, 0.3) is 0 Å². The summed E-state index contributed by atoms with van der Waals surface area (Å²) in [4.78, 5) is 23.1. The van der Waals surface area contributed by atoms with Gasteiger partial charge in [-0.05, 0) is 38.8 Å². The quantitative estimate of drug-likeness (QED) is 0.461. The number of ketones is 2. The van der Waals surface area contributed by atoms with Crippen molar-refractivity contribution in [2.75, 3.05) is 0 Å². The van der Waals surface area contributed by atoms with Crippen molar-refractivity contribution in [2.45, 2.75) is 33.1 Å². The first kappa shape index (κ1) is 12.9. The third kappa shape index (κ3) is 2.50. The molecular formula is C13H15ClO2. The molecule has 0 heterocycles. The number of hydrogen-bond acceptors (Lipinski definition) is 2. The molecule has 2 nitrogen and oxygen atoms in total. The average Bonchev–Trinajstić information content (AvgIpc) is 2.14. The summed E-state index contributed by atoms with van der Waals surface area (Å²) in [7, 11) is 0. The van der Waals surface area contributed by atoms with Crippen LogP contribution in [0.1, 0.15) is 34.0 Å². The molecule has 0 saturated carbocycles. The molecule has 16 heavy (non-hydrogen) atoms. The molecule has 0 N–H and O–H groups in total. The minimum absolute atomic E-state index is 0.302. The Morgan fingerprint density at radius 3 is 1.94 bits per heavy atom. The zero-order chi connectivity index (χ0) is 12.5. The zero-order valence-corrected chi connectivity index (χ0v) is 10.7. The lowest BCUT2D eigenvalue weighted by Crippen LogP contribution is -2.24. The van der Waals surface area contributed by atoms with Gasteiger partial charge in [-0.2, -0.15) is 0 Å². The summed E-state index contributed by atoms with van der Waals surface area (Å²) in [5.74, 6) is -0.616. The lowest BCUT2D eigenvalue weighted by atomic mass is 9.94. The second kappa shape index (κ2) is 4.79. The van der Waals surface area contributed by atoms with Crippen molar-refractivity contribution < 1.29 is 9.59 Å². The molecule has 0 fully saturated rings. The SMILES string of the molecule is CC(=O)C(Cl)C(=O)c1c(C)cc(C)cc1C. The van der Waals surface area contributed by atoms with Crippen LogP contribution in [-0.4, -0.2) is 16.9 Å². The van der Waals surface area contributed by atoms with Gasteiger partial charge < -0.3 is 0 Å². The molecule has 0 aliphatic heterocycles. The summed E-state index contributed by atoms with van der Waals surface area (Å²) in [5.41, 5.74) is 3.41. The van der Waals surface area contributed by atoms with E-state index < -0.39 is 5.38 Å². The van der Waals surface area contributed by atoms with E-state index in [0.29, 0.717) is 5.56 Å². The summed E-state index contributed by atoms with van der Waals surface area (Å²) in [6, 6.07) is 3.84. The molecular weight excluding hydrogens is 224 g/mol. The zero-order valence-electron chi connectivity index (χ0n) is 9.93. The molecule has 0 radical (unpaired) electrons. The Bertz CT molecular complexity index is 426. The third-order valence-electron chi connectivity index (χ3n) is 2.51. The predicted octanol–water partition coefficient (Wildman–Crippen LogP) is 2.99. The predicted molar refractivity (Wildman–Crippen MR) is 65.3 cm³/mol. The molecule has 1 atom stereocenters. The lowest BCUT2D eigenvalue weighted by molar-refractivity contribution is -0.115. The van der Waals surface area contributed by atoms with Crippen LogP contribution in [0.3, 0.4) is 0 Å². The van der Waals surface area contributed by atoms with Crippen LogP contribution in [-0.2, 0) is 4.79 Å². The molecule has 1 aromatic rings. The fourth-order valence-corrected chi connectivity index (χ4v) is 1.99. The topological polar surface area (TPSA) is 34.1 Å². The van der Waals surface area contributed by atoms with Crippen LogP contribution in [0, 0.1) is 20.8 Å².